The third-order valence-electron chi connectivity index (χ3n) is 4.74. The number of rotatable bonds is 11. The molecule has 8 nitrogen and oxygen atoms in total. The Kier molecular flexibility index (Phi) is 7.16. The van der Waals surface area contributed by atoms with Gasteiger partial charge in [0.15, 0.2) is 0 Å². The number of aromatic nitrogens is 2. The van der Waals surface area contributed by atoms with Crippen molar-refractivity contribution in [3.63, 3.8) is 0 Å². The molecule has 4 N–H and O–H groups in total. The Hall–Kier alpha value is -3.62. The van der Waals surface area contributed by atoms with Gasteiger partial charge in [-0.15, -0.1) is 0 Å². The summed E-state index contributed by atoms with van der Waals surface area (Å²) in [4.78, 5) is 8.59. The molecular formula is C24H26N4O4. The van der Waals surface area contributed by atoms with Crippen LogP contribution in [0.4, 0.5) is 11.6 Å². The lowest BCUT2D eigenvalue weighted by molar-refractivity contribution is 0.0274. The molecule has 2 heterocycles. The van der Waals surface area contributed by atoms with Crippen molar-refractivity contribution in [2.45, 2.75) is 0 Å². The predicted octanol–water partition coefficient (Wildman–Crippen LogP) is 3.44. The second kappa shape index (κ2) is 10.6. The highest BCUT2D eigenvalue weighted by Crippen LogP contribution is 2.21. The first-order valence-electron chi connectivity index (χ1n) is 10.4. The minimum atomic E-state index is 0.442. The van der Waals surface area contributed by atoms with Crippen LogP contribution in [0, 0.1) is 0 Å². The molecule has 0 atom stereocenters. The second-order valence-electron chi connectivity index (χ2n) is 7.10. The molecule has 2 aromatic heterocycles. The highest BCUT2D eigenvalue weighted by molar-refractivity contribution is 5.82. The minimum Gasteiger partial charge on any atom is -0.491 e. The average Bonchev–Trinajstić information content (AvgIpc) is 2.79. The van der Waals surface area contributed by atoms with Gasteiger partial charge in [-0.2, -0.15) is 0 Å². The van der Waals surface area contributed by atoms with Crippen LogP contribution in [-0.2, 0) is 9.47 Å². The number of nitrogens with zero attached hydrogens (tertiary/aromatic N) is 2. The van der Waals surface area contributed by atoms with Gasteiger partial charge < -0.3 is 30.4 Å². The zero-order valence-electron chi connectivity index (χ0n) is 17.7. The molecule has 8 heteroatoms. The average molecular weight is 434 g/mol. The molecule has 0 saturated carbocycles. The van der Waals surface area contributed by atoms with Crippen molar-refractivity contribution in [1.29, 1.82) is 0 Å². The molecule has 0 aliphatic carbocycles. The van der Waals surface area contributed by atoms with Crippen LogP contribution in [0.5, 0.6) is 11.5 Å². The Morgan fingerprint density at radius 3 is 1.41 bits per heavy atom. The van der Waals surface area contributed by atoms with E-state index in [1.165, 1.54) is 0 Å². The molecule has 4 aromatic rings. The maximum Gasteiger partial charge on any atom is 0.124 e. The van der Waals surface area contributed by atoms with Gasteiger partial charge in [-0.05, 0) is 48.5 Å². The lowest BCUT2D eigenvalue weighted by atomic mass is 10.2. The van der Waals surface area contributed by atoms with Gasteiger partial charge in [0, 0.05) is 22.9 Å². The molecule has 166 valence electrons. The lowest BCUT2D eigenvalue weighted by Crippen LogP contribution is -2.13. The number of nitrogen functional groups attached to an aromatic ring is 2. The van der Waals surface area contributed by atoms with E-state index in [0.29, 0.717) is 51.3 Å². The molecule has 0 saturated heterocycles. The highest BCUT2D eigenvalue weighted by atomic mass is 16.6. The number of ether oxygens (including phenoxy) is 4. The minimum absolute atomic E-state index is 0.442. The summed E-state index contributed by atoms with van der Waals surface area (Å²) in [5.74, 6) is 2.45. The van der Waals surface area contributed by atoms with Crippen LogP contribution in [-0.4, -0.2) is 49.6 Å². The van der Waals surface area contributed by atoms with Crippen molar-refractivity contribution in [3.8, 4) is 11.5 Å². The van der Waals surface area contributed by atoms with Gasteiger partial charge in [-0.3, -0.25) is 0 Å². The standard InChI is InChI=1S/C24H26N4O4/c25-23-7-3-17-1-5-19(15-21(17)27-23)31-13-11-29-9-10-30-12-14-32-20-6-2-18-4-8-24(26)28-22(18)16-20/h1-8,15-16H,9-14H2,(H2,25,27)(H2,26,28). The SMILES string of the molecule is Nc1ccc2ccc(OCCOCCOCCOc3ccc4ccc(N)nc4c3)cc2n1. The fourth-order valence-corrected chi connectivity index (χ4v) is 3.16. The first-order valence-corrected chi connectivity index (χ1v) is 10.4. The molecule has 0 aliphatic heterocycles. The predicted molar refractivity (Wildman–Crippen MR) is 125 cm³/mol. The Bertz CT molecular complexity index is 1090. The smallest absolute Gasteiger partial charge is 0.124 e. The van der Waals surface area contributed by atoms with Crippen molar-refractivity contribution >= 4 is 33.4 Å². The van der Waals surface area contributed by atoms with Crippen LogP contribution in [0.25, 0.3) is 21.8 Å². The topological polar surface area (TPSA) is 115 Å². The van der Waals surface area contributed by atoms with Crippen LogP contribution in [0.3, 0.4) is 0 Å². The fraction of sp³-hybridized carbons (Fsp3) is 0.250. The van der Waals surface area contributed by atoms with E-state index in [1.807, 2.05) is 48.5 Å². The summed E-state index contributed by atoms with van der Waals surface area (Å²) in [6.07, 6.45) is 0. The monoisotopic (exact) mass is 434 g/mol. The summed E-state index contributed by atoms with van der Waals surface area (Å²) in [6.45, 7) is 2.79. The Balaban J connectivity index is 1.07. The highest BCUT2D eigenvalue weighted by Gasteiger charge is 2.01. The van der Waals surface area contributed by atoms with Crippen molar-refractivity contribution in [2.75, 3.05) is 51.1 Å². The van der Waals surface area contributed by atoms with Crippen molar-refractivity contribution in [3.05, 3.63) is 60.7 Å². The van der Waals surface area contributed by atoms with Crippen molar-refractivity contribution in [2.24, 2.45) is 0 Å². The van der Waals surface area contributed by atoms with Crippen LogP contribution in [0.2, 0.25) is 0 Å². The number of fused-ring (bicyclic) bond motifs is 2. The summed E-state index contributed by atoms with van der Waals surface area (Å²) < 4.78 is 22.5. The van der Waals surface area contributed by atoms with Gasteiger partial charge in [0.05, 0.1) is 37.5 Å². The number of benzene rings is 2. The Morgan fingerprint density at radius 2 is 0.938 bits per heavy atom. The van der Waals surface area contributed by atoms with Crippen molar-refractivity contribution in [1.82, 2.24) is 9.97 Å². The van der Waals surface area contributed by atoms with E-state index in [1.54, 1.807) is 12.1 Å². The molecule has 4 rings (SSSR count). The molecule has 0 amide bonds. The summed E-state index contributed by atoms with van der Waals surface area (Å²) in [6, 6.07) is 18.9. The van der Waals surface area contributed by atoms with E-state index in [2.05, 4.69) is 9.97 Å². The van der Waals surface area contributed by atoms with Crippen LogP contribution >= 0.6 is 0 Å². The molecule has 0 bridgehead atoms. The molecule has 0 unspecified atom stereocenters. The zero-order chi connectivity index (χ0) is 22.2. The van der Waals surface area contributed by atoms with Gasteiger partial charge in [0.1, 0.15) is 36.3 Å². The number of pyridine rings is 2. The fourth-order valence-electron chi connectivity index (χ4n) is 3.16. The van der Waals surface area contributed by atoms with Gasteiger partial charge in [0.2, 0.25) is 0 Å². The second-order valence-corrected chi connectivity index (χ2v) is 7.10. The van der Waals surface area contributed by atoms with Gasteiger partial charge in [0.25, 0.3) is 0 Å². The van der Waals surface area contributed by atoms with E-state index in [0.717, 1.165) is 33.3 Å². The van der Waals surface area contributed by atoms with Crippen LogP contribution in [0.15, 0.2) is 60.7 Å². The molecule has 32 heavy (non-hydrogen) atoms. The molecule has 2 aromatic carbocycles. The molecular weight excluding hydrogens is 408 g/mol. The maximum absolute atomic E-state index is 5.73. The van der Waals surface area contributed by atoms with E-state index < -0.39 is 0 Å². The maximum atomic E-state index is 5.73. The zero-order valence-corrected chi connectivity index (χ0v) is 17.7. The normalized spacial score (nSPS) is 11.1. The third-order valence-corrected chi connectivity index (χ3v) is 4.74. The molecule has 0 radical (unpaired) electrons. The van der Waals surface area contributed by atoms with Crippen LogP contribution in [0.1, 0.15) is 0 Å². The van der Waals surface area contributed by atoms with E-state index in [9.17, 15) is 0 Å². The lowest BCUT2D eigenvalue weighted by Gasteiger charge is -2.09. The number of anilines is 2. The van der Waals surface area contributed by atoms with Crippen LogP contribution < -0.4 is 20.9 Å². The Labute approximate surface area is 186 Å². The van der Waals surface area contributed by atoms with Crippen molar-refractivity contribution < 1.29 is 18.9 Å². The third kappa shape index (κ3) is 5.96. The largest absolute Gasteiger partial charge is 0.491 e. The summed E-state index contributed by atoms with van der Waals surface area (Å²) in [7, 11) is 0. The molecule has 0 fully saturated rings. The summed E-state index contributed by atoms with van der Waals surface area (Å²) >= 11 is 0. The van der Waals surface area contributed by atoms with Gasteiger partial charge in [-0.25, -0.2) is 9.97 Å². The van der Waals surface area contributed by atoms with E-state index in [4.69, 9.17) is 30.4 Å². The van der Waals surface area contributed by atoms with E-state index in [-0.39, 0.29) is 0 Å². The quantitative estimate of drug-likeness (QED) is 0.345. The first-order chi connectivity index (χ1) is 15.7. The number of hydrogen-bond acceptors (Lipinski definition) is 8. The van der Waals surface area contributed by atoms with Gasteiger partial charge in [-0.1, -0.05) is 0 Å². The molecule has 0 aliphatic rings. The van der Waals surface area contributed by atoms with Gasteiger partial charge >= 0.3 is 0 Å². The number of nitrogens with two attached hydrogens (primary N) is 2. The first kappa shape index (κ1) is 21.6. The summed E-state index contributed by atoms with van der Waals surface area (Å²) in [5, 5.41) is 2.04. The van der Waals surface area contributed by atoms with E-state index >= 15 is 0 Å². The Morgan fingerprint density at radius 1 is 0.531 bits per heavy atom. The summed E-state index contributed by atoms with van der Waals surface area (Å²) in [5.41, 5.74) is 13.1. The molecule has 0 spiro atoms. The number of hydrogen-bond donors (Lipinski definition) is 2.